The second-order valence-electron chi connectivity index (χ2n) is 6.96. The maximum absolute atomic E-state index is 13.3. The molecule has 10 heteroatoms. The van der Waals surface area contributed by atoms with Crippen LogP contribution in [0.5, 0.6) is 0 Å². The summed E-state index contributed by atoms with van der Waals surface area (Å²) in [5, 5.41) is 4.94. The molecule has 2 aromatic carbocycles. The summed E-state index contributed by atoms with van der Waals surface area (Å²) in [4.78, 5) is 14.8. The molecule has 3 rings (SSSR count). The number of nitrogens with one attached hydrogen (secondary N) is 1. The van der Waals surface area contributed by atoms with E-state index in [2.05, 4.69) is 15.4 Å². The van der Waals surface area contributed by atoms with Gasteiger partial charge in [0, 0.05) is 41.7 Å². The van der Waals surface area contributed by atoms with Gasteiger partial charge in [-0.1, -0.05) is 29.3 Å². The number of hydrazone groups is 1. The van der Waals surface area contributed by atoms with Gasteiger partial charge in [0.05, 0.1) is 10.6 Å². The lowest BCUT2D eigenvalue weighted by atomic mass is 10.1. The zero-order valence-electron chi connectivity index (χ0n) is 16.4. The Kier molecular flexibility index (Phi) is 7.36. The number of benzene rings is 2. The first kappa shape index (κ1) is 22.6. The first-order chi connectivity index (χ1) is 14.3. The minimum Gasteiger partial charge on any atom is -0.306 e. The standard InChI is InChI=1S/C20H22Cl2N4O3S/c1-25-11-9-17(10-12-25)23-24-20(27)14-26(18-4-2-3-16(22)13-18)30(28,29)19-7-5-15(21)6-8-19/h2-8,13H,9-12,14H2,1H3,(H,24,27). The summed E-state index contributed by atoms with van der Waals surface area (Å²) in [5.74, 6) is -0.543. The van der Waals surface area contributed by atoms with Crippen molar-refractivity contribution in [2.75, 3.05) is 31.0 Å². The van der Waals surface area contributed by atoms with Crippen LogP contribution in [0.4, 0.5) is 5.69 Å². The fourth-order valence-electron chi connectivity index (χ4n) is 2.98. The largest absolute Gasteiger partial charge is 0.306 e. The number of halogens is 2. The average Bonchev–Trinajstić information content (AvgIpc) is 2.72. The number of likely N-dealkylation sites (tertiary alicyclic amines) is 1. The molecule has 1 heterocycles. The zero-order valence-corrected chi connectivity index (χ0v) is 18.7. The number of anilines is 1. The van der Waals surface area contributed by atoms with Crippen LogP contribution >= 0.6 is 23.2 Å². The third-order valence-electron chi connectivity index (χ3n) is 4.69. The van der Waals surface area contributed by atoms with Crippen LogP contribution in [0.15, 0.2) is 58.5 Å². The first-order valence-electron chi connectivity index (χ1n) is 9.32. The second-order valence-corrected chi connectivity index (χ2v) is 9.70. The van der Waals surface area contributed by atoms with E-state index in [4.69, 9.17) is 23.2 Å². The van der Waals surface area contributed by atoms with Gasteiger partial charge in [0.1, 0.15) is 6.54 Å². The van der Waals surface area contributed by atoms with Crippen LogP contribution in [-0.4, -0.2) is 51.6 Å². The van der Waals surface area contributed by atoms with E-state index in [1.165, 1.54) is 30.3 Å². The van der Waals surface area contributed by atoms with Gasteiger partial charge in [-0.05, 0) is 49.5 Å². The lowest BCUT2D eigenvalue weighted by molar-refractivity contribution is -0.119. The number of amides is 1. The van der Waals surface area contributed by atoms with Crippen molar-refractivity contribution < 1.29 is 13.2 Å². The summed E-state index contributed by atoms with van der Waals surface area (Å²) < 4.78 is 27.5. The Morgan fingerprint density at radius 1 is 1.10 bits per heavy atom. The lowest BCUT2D eigenvalue weighted by Crippen LogP contribution is -2.40. The minimum absolute atomic E-state index is 0.0151. The minimum atomic E-state index is -4.03. The van der Waals surface area contributed by atoms with Crippen molar-refractivity contribution in [1.29, 1.82) is 0 Å². The molecule has 1 aliphatic heterocycles. The van der Waals surface area contributed by atoms with Crippen LogP contribution in [0.25, 0.3) is 0 Å². The van der Waals surface area contributed by atoms with E-state index in [-0.39, 0.29) is 10.6 Å². The zero-order chi connectivity index (χ0) is 21.7. The molecule has 1 aliphatic rings. The third-order valence-corrected chi connectivity index (χ3v) is 6.96. The number of rotatable bonds is 6. The smallest absolute Gasteiger partial charge is 0.264 e. The van der Waals surface area contributed by atoms with E-state index < -0.39 is 22.5 Å². The van der Waals surface area contributed by atoms with Gasteiger partial charge in [-0.2, -0.15) is 5.10 Å². The molecule has 7 nitrogen and oxygen atoms in total. The number of carbonyl (C=O) groups excluding carboxylic acids is 1. The Bertz CT molecular complexity index is 1030. The number of nitrogens with zero attached hydrogens (tertiary/aromatic N) is 3. The fourth-order valence-corrected chi connectivity index (χ4v) is 4.70. The fraction of sp³-hybridized carbons (Fsp3) is 0.300. The van der Waals surface area contributed by atoms with Gasteiger partial charge in [-0.25, -0.2) is 13.8 Å². The molecule has 0 bridgehead atoms. The highest BCUT2D eigenvalue weighted by molar-refractivity contribution is 7.92. The molecular weight excluding hydrogens is 447 g/mol. The lowest BCUT2D eigenvalue weighted by Gasteiger charge is -2.24. The predicted molar refractivity (Wildman–Crippen MR) is 120 cm³/mol. The number of piperidine rings is 1. The van der Waals surface area contributed by atoms with E-state index in [0.29, 0.717) is 10.0 Å². The molecule has 0 atom stereocenters. The highest BCUT2D eigenvalue weighted by Gasteiger charge is 2.27. The van der Waals surface area contributed by atoms with E-state index >= 15 is 0 Å². The van der Waals surface area contributed by atoms with Crippen molar-refractivity contribution in [3.63, 3.8) is 0 Å². The van der Waals surface area contributed by atoms with E-state index in [1.54, 1.807) is 18.2 Å². The van der Waals surface area contributed by atoms with Crippen LogP contribution in [0, 0.1) is 0 Å². The van der Waals surface area contributed by atoms with Crippen LogP contribution in [0.3, 0.4) is 0 Å². The number of sulfonamides is 1. The number of hydrogen-bond donors (Lipinski definition) is 1. The van der Waals surface area contributed by atoms with Gasteiger partial charge >= 0.3 is 0 Å². The van der Waals surface area contributed by atoms with Gasteiger partial charge in [-0.3, -0.25) is 9.10 Å². The molecule has 0 aromatic heterocycles. The quantitative estimate of drug-likeness (QED) is 0.658. The third kappa shape index (κ3) is 5.72. The monoisotopic (exact) mass is 468 g/mol. The highest BCUT2D eigenvalue weighted by Crippen LogP contribution is 2.26. The normalized spacial score (nSPS) is 15.0. The topological polar surface area (TPSA) is 82.1 Å². The highest BCUT2D eigenvalue weighted by atomic mass is 35.5. The molecule has 0 aliphatic carbocycles. The maximum Gasteiger partial charge on any atom is 0.264 e. The molecule has 0 radical (unpaired) electrons. The molecule has 160 valence electrons. The summed E-state index contributed by atoms with van der Waals surface area (Å²) in [6.07, 6.45) is 1.52. The maximum atomic E-state index is 13.3. The molecule has 1 N–H and O–H groups in total. The van der Waals surface area contributed by atoms with Crippen molar-refractivity contribution in [2.24, 2.45) is 5.10 Å². The molecule has 0 saturated carbocycles. The Labute approximate surface area is 186 Å². The molecule has 1 amide bonds. The van der Waals surface area contributed by atoms with Crippen molar-refractivity contribution in [2.45, 2.75) is 17.7 Å². The number of hydrogen-bond acceptors (Lipinski definition) is 5. The molecule has 1 fully saturated rings. The summed E-state index contributed by atoms with van der Waals surface area (Å²) in [6, 6.07) is 12.1. The predicted octanol–water partition coefficient (Wildman–Crippen LogP) is 3.39. The van der Waals surface area contributed by atoms with Gasteiger partial charge in [0.25, 0.3) is 15.9 Å². The Balaban J connectivity index is 1.84. The van der Waals surface area contributed by atoms with E-state index in [9.17, 15) is 13.2 Å². The van der Waals surface area contributed by atoms with Gasteiger partial charge < -0.3 is 4.90 Å². The molecular formula is C20H22Cl2N4O3S. The summed E-state index contributed by atoms with van der Waals surface area (Å²) in [6.45, 7) is 1.30. The van der Waals surface area contributed by atoms with Crippen molar-refractivity contribution in [1.82, 2.24) is 10.3 Å². The Morgan fingerprint density at radius 2 is 1.77 bits per heavy atom. The van der Waals surface area contributed by atoms with E-state index in [1.807, 2.05) is 7.05 Å². The molecule has 0 unspecified atom stereocenters. The summed E-state index contributed by atoms with van der Waals surface area (Å²) in [7, 11) is -2.01. The van der Waals surface area contributed by atoms with Gasteiger partial charge in [0.2, 0.25) is 0 Å². The summed E-state index contributed by atoms with van der Waals surface area (Å²) in [5.41, 5.74) is 3.65. The molecule has 2 aromatic rings. The molecule has 1 saturated heterocycles. The van der Waals surface area contributed by atoms with Crippen molar-refractivity contribution in [3.05, 3.63) is 58.6 Å². The first-order valence-corrected chi connectivity index (χ1v) is 11.5. The van der Waals surface area contributed by atoms with Crippen LogP contribution in [0.2, 0.25) is 10.0 Å². The molecule has 30 heavy (non-hydrogen) atoms. The SMILES string of the molecule is CN1CCC(=NNC(=O)CN(c2cccc(Cl)c2)S(=O)(=O)c2ccc(Cl)cc2)CC1. The Morgan fingerprint density at radius 3 is 2.40 bits per heavy atom. The van der Waals surface area contributed by atoms with Gasteiger partial charge in [0.15, 0.2) is 0 Å². The van der Waals surface area contributed by atoms with Crippen molar-refractivity contribution in [3.8, 4) is 0 Å². The summed E-state index contributed by atoms with van der Waals surface area (Å²) >= 11 is 11.9. The Hall–Kier alpha value is -2.13. The second kappa shape index (κ2) is 9.78. The van der Waals surface area contributed by atoms with Crippen LogP contribution in [-0.2, 0) is 14.8 Å². The number of carbonyl (C=O) groups is 1. The van der Waals surface area contributed by atoms with Crippen LogP contribution < -0.4 is 9.73 Å². The molecule has 0 spiro atoms. The van der Waals surface area contributed by atoms with E-state index in [0.717, 1.165) is 35.9 Å². The van der Waals surface area contributed by atoms with Crippen molar-refractivity contribution >= 4 is 50.5 Å². The van der Waals surface area contributed by atoms with Gasteiger partial charge in [-0.15, -0.1) is 0 Å². The van der Waals surface area contributed by atoms with Crippen LogP contribution in [0.1, 0.15) is 12.8 Å². The average molecular weight is 469 g/mol.